The van der Waals surface area contributed by atoms with Crippen molar-refractivity contribution in [1.82, 2.24) is 10.2 Å². The molecule has 158 valence electrons. The van der Waals surface area contributed by atoms with E-state index in [1.165, 1.54) is 5.56 Å². The minimum Gasteiger partial charge on any atom is -0.481 e. The third kappa shape index (κ3) is 6.38. The summed E-state index contributed by atoms with van der Waals surface area (Å²) in [5.74, 6) is 0.887. The average Bonchev–Trinajstić information content (AvgIpc) is 2.65. The van der Waals surface area contributed by atoms with Crippen molar-refractivity contribution in [1.29, 1.82) is 0 Å². The van der Waals surface area contributed by atoms with E-state index in [1.807, 2.05) is 12.1 Å². The van der Waals surface area contributed by atoms with E-state index in [4.69, 9.17) is 10.5 Å². The third-order valence-corrected chi connectivity index (χ3v) is 5.07. The van der Waals surface area contributed by atoms with Crippen LogP contribution in [0.25, 0.3) is 0 Å². The number of piperidine rings is 1. The molecule has 2 amide bonds. The number of halogens is 1. The molecule has 2 atom stereocenters. The Labute approximate surface area is 174 Å². The second-order valence-electron chi connectivity index (χ2n) is 7.64. The normalized spacial score (nSPS) is 17.6. The number of nitrogens with two attached hydrogens (primary N) is 1. The molecule has 0 radical (unpaired) electrons. The van der Waals surface area contributed by atoms with E-state index in [0.717, 1.165) is 18.4 Å². The van der Waals surface area contributed by atoms with Crippen molar-refractivity contribution in [2.45, 2.75) is 52.6 Å². The molecule has 28 heavy (non-hydrogen) atoms. The highest BCUT2D eigenvalue weighted by Crippen LogP contribution is 2.25. The molecule has 0 saturated carbocycles. The number of carbonyl (C=O) groups excluding carboxylic acids is 2. The highest BCUT2D eigenvalue weighted by molar-refractivity contribution is 5.85. The second-order valence-corrected chi connectivity index (χ2v) is 7.64. The Morgan fingerprint density at radius 3 is 2.64 bits per heavy atom. The predicted octanol–water partition coefficient (Wildman–Crippen LogP) is 2.62. The van der Waals surface area contributed by atoms with Crippen LogP contribution in [0.1, 0.15) is 50.7 Å². The number of hydrogen-bond donors (Lipinski definition) is 2. The van der Waals surface area contributed by atoms with Crippen molar-refractivity contribution >= 4 is 24.2 Å². The lowest BCUT2D eigenvalue weighted by Gasteiger charge is -2.33. The standard InChI is InChI=1S/C21H33N3O3.ClH/c1-14(2)19-8-7-18(12-15(19)3)27-16(4)21(26)24-11-5-6-17(13-24)20(25)23-10-9-22;/h7-8,12,14,16-17H,5-6,9-11,13,22H2,1-4H3,(H,23,25);1H. The fraction of sp³-hybridized carbons (Fsp3) is 0.619. The summed E-state index contributed by atoms with van der Waals surface area (Å²) in [6.07, 6.45) is 1.03. The van der Waals surface area contributed by atoms with Gasteiger partial charge in [-0.3, -0.25) is 9.59 Å². The first-order valence-corrected chi connectivity index (χ1v) is 9.87. The molecule has 1 aliphatic heterocycles. The SMILES string of the molecule is Cc1cc(OC(C)C(=O)N2CCCC(C(=O)NCCN)C2)ccc1C(C)C.Cl. The molecule has 0 spiro atoms. The van der Waals surface area contributed by atoms with Crippen molar-refractivity contribution < 1.29 is 14.3 Å². The summed E-state index contributed by atoms with van der Waals surface area (Å²) in [6.45, 7) is 10.1. The van der Waals surface area contributed by atoms with Gasteiger partial charge in [0, 0.05) is 26.2 Å². The minimum absolute atomic E-state index is 0. The van der Waals surface area contributed by atoms with Crippen molar-refractivity contribution in [3.63, 3.8) is 0 Å². The monoisotopic (exact) mass is 411 g/mol. The van der Waals surface area contributed by atoms with Crippen LogP contribution in [0.2, 0.25) is 0 Å². The highest BCUT2D eigenvalue weighted by atomic mass is 35.5. The van der Waals surface area contributed by atoms with Gasteiger partial charge in [0.05, 0.1) is 5.92 Å². The van der Waals surface area contributed by atoms with E-state index in [9.17, 15) is 9.59 Å². The Balaban J connectivity index is 0.00000392. The van der Waals surface area contributed by atoms with Crippen LogP contribution in [-0.2, 0) is 9.59 Å². The molecule has 3 N–H and O–H groups in total. The molecule has 0 aromatic heterocycles. The largest absolute Gasteiger partial charge is 0.481 e. The summed E-state index contributed by atoms with van der Waals surface area (Å²) in [5.41, 5.74) is 7.88. The lowest BCUT2D eigenvalue weighted by Crippen LogP contribution is -2.49. The molecule has 1 aliphatic rings. The summed E-state index contributed by atoms with van der Waals surface area (Å²) in [5, 5.41) is 2.82. The zero-order chi connectivity index (χ0) is 20.0. The molecule has 7 heteroatoms. The average molecular weight is 412 g/mol. The summed E-state index contributed by atoms with van der Waals surface area (Å²) in [4.78, 5) is 26.7. The van der Waals surface area contributed by atoms with E-state index in [0.29, 0.717) is 37.8 Å². The Bertz CT molecular complexity index is 666. The Hall–Kier alpha value is -1.79. The van der Waals surface area contributed by atoms with Gasteiger partial charge in [0.1, 0.15) is 5.75 Å². The number of aryl methyl sites for hydroxylation is 1. The number of carbonyl (C=O) groups is 2. The maximum absolute atomic E-state index is 12.8. The quantitative estimate of drug-likeness (QED) is 0.722. The molecular weight excluding hydrogens is 378 g/mol. The first-order valence-electron chi connectivity index (χ1n) is 9.87. The lowest BCUT2D eigenvalue weighted by molar-refractivity contribution is -0.141. The lowest BCUT2D eigenvalue weighted by atomic mass is 9.96. The van der Waals surface area contributed by atoms with Gasteiger partial charge in [0.2, 0.25) is 5.91 Å². The molecule has 1 saturated heterocycles. The van der Waals surface area contributed by atoms with E-state index in [2.05, 4.69) is 32.2 Å². The number of amides is 2. The van der Waals surface area contributed by atoms with Crippen LogP contribution in [-0.4, -0.2) is 49.0 Å². The molecule has 1 aromatic rings. The molecule has 2 unspecified atom stereocenters. The zero-order valence-electron chi connectivity index (χ0n) is 17.4. The van der Waals surface area contributed by atoms with Gasteiger partial charge in [-0.25, -0.2) is 0 Å². The van der Waals surface area contributed by atoms with Crippen LogP contribution >= 0.6 is 12.4 Å². The first kappa shape index (κ1) is 24.2. The van der Waals surface area contributed by atoms with Crippen molar-refractivity contribution in [2.75, 3.05) is 26.2 Å². The molecule has 1 heterocycles. The highest BCUT2D eigenvalue weighted by Gasteiger charge is 2.31. The van der Waals surface area contributed by atoms with E-state index in [1.54, 1.807) is 11.8 Å². The Kier molecular flexibility index (Phi) is 9.76. The van der Waals surface area contributed by atoms with E-state index >= 15 is 0 Å². The van der Waals surface area contributed by atoms with Gasteiger partial charge in [-0.05, 0) is 55.9 Å². The maximum Gasteiger partial charge on any atom is 0.263 e. The van der Waals surface area contributed by atoms with Gasteiger partial charge in [0.25, 0.3) is 5.91 Å². The van der Waals surface area contributed by atoms with Crippen LogP contribution in [0, 0.1) is 12.8 Å². The summed E-state index contributed by atoms with van der Waals surface area (Å²) >= 11 is 0. The summed E-state index contributed by atoms with van der Waals surface area (Å²) < 4.78 is 5.90. The topological polar surface area (TPSA) is 84.7 Å². The zero-order valence-corrected chi connectivity index (χ0v) is 18.2. The van der Waals surface area contributed by atoms with Crippen molar-refractivity contribution in [3.8, 4) is 5.75 Å². The number of hydrogen-bond acceptors (Lipinski definition) is 4. The summed E-state index contributed by atoms with van der Waals surface area (Å²) in [6, 6.07) is 5.97. The van der Waals surface area contributed by atoms with Crippen LogP contribution < -0.4 is 15.8 Å². The van der Waals surface area contributed by atoms with E-state index in [-0.39, 0.29) is 30.1 Å². The molecule has 2 rings (SSSR count). The number of benzene rings is 1. The van der Waals surface area contributed by atoms with Gasteiger partial charge >= 0.3 is 0 Å². The van der Waals surface area contributed by atoms with Gasteiger partial charge < -0.3 is 20.7 Å². The van der Waals surface area contributed by atoms with Crippen LogP contribution in [0.15, 0.2) is 18.2 Å². The third-order valence-electron chi connectivity index (χ3n) is 5.07. The number of ether oxygens (including phenoxy) is 1. The molecule has 0 aliphatic carbocycles. The molecule has 6 nitrogen and oxygen atoms in total. The smallest absolute Gasteiger partial charge is 0.263 e. The van der Waals surface area contributed by atoms with Crippen LogP contribution in [0.4, 0.5) is 0 Å². The molecule has 1 fully saturated rings. The molecule has 0 bridgehead atoms. The Morgan fingerprint density at radius 1 is 1.32 bits per heavy atom. The Morgan fingerprint density at radius 2 is 2.04 bits per heavy atom. The fourth-order valence-corrected chi connectivity index (χ4v) is 3.61. The number of nitrogens with zero attached hydrogens (tertiary/aromatic N) is 1. The van der Waals surface area contributed by atoms with Crippen LogP contribution in [0.3, 0.4) is 0 Å². The van der Waals surface area contributed by atoms with Crippen LogP contribution in [0.5, 0.6) is 5.75 Å². The fourth-order valence-electron chi connectivity index (χ4n) is 3.61. The maximum atomic E-state index is 12.8. The van der Waals surface area contributed by atoms with Crippen molar-refractivity contribution in [3.05, 3.63) is 29.3 Å². The van der Waals surface area contributed by atoms with E-state index < -0.39 is 6.10 Å². The first-order chi connectivity index (χ1) is 12.8. The number of nitrogens with one attached hydrogen (secondary N) is 1. The molecule has 1 aromatic carbocycles. The number of rotatable bonds is 7. The van der Waals surface area contributed by atoms with Gasteiger partial charge in [-0.1, -0.05) is 19.9 Å². The van der Waals surface area contributed by atoms with Crippen molar-refractivity contribution in [2.24, 2.45) is 11.7 Å². The molecular formula is C21H34ClN3O3. The van der Waals surface area contributed by atoms with Gasteiger partial charge in [-0.2, -0.15) is 0 Å². The number of likely N-dealkylation sites (tertiary alicyclic amines) is 1. The minimum atomic E-state index is -0.583. The van der Waals surface area contributed by atoms with Gasteiger partial charge in [-0.15, -0.1) is 12.4 Å². The second kappa shape index (κ2) is 11.3. The predicted molar refractivity (Wildman–Crippen MR) is 114 cm³/mol. The van der Waals surface area contributed by atoms with Gasteiger partial charge in [0.15, 0.2) is 6.10 Å². The summed E-state index contributed by atoms with van der Waals surface area (Å²) in [7, 11) is 0.